The molecular weight excluding hydrogens is 166 g/mol. The molecule has 0 unspecified atom stereocenters. The summed E-state index contributed by atoms with van der Waals surface area (Å²) in [6.45, 7) is 3.70. The Morgan fingerprint density at radius 3 is 2.46 bits per heavy atom. The molecule has 1 N–H and O–H groups in total. The smallest absolute Gasteiger partial charge is 0.115 e. The Morgan fingerprint density at radius 1 is 1.38 bits per heavy atom. The van der Waals surface area contributed by atoms with Crippen LogP contribution in [0.25, 0.3) is 5.76 Å². The van der Waals surface area contributed by atoms with Crippen LogP contribution in [0.15, 0.2) is 36.0 Å². The summed E-state index contributed by atoms with van der Waals surface area (Å²) < 4.78 is 0. The van der Waals surface area contributed by atoms with Crippen LogP contribution in [0.4, 0.5) is 0 Å². The average Bonchev–Trinajstić information content (AvgIpc) is 2.15. The number of nitroso groups, excluding NO2 is 1. The maximum atomic E-state index is 9.85. The molecule has 0 aliphatic heterocycles. The van der Waals surface area contributed by atoms with E-state index in [-0.39, 0.29) is 5.76 Å². The minimum absolute atomic E-state index is 0.0556. The van der Waals surface area contributed by atoms with Gasteiger partial charge in [0.25, 0.3) is 0 Å². The zero-order valence-electron chi connectivity index (χ0n) is 7.23. The van der Waals surface area contributed by atoms with Crippen molar-refractivity contribution in [2.45, 2.75) is 6.42 Å². The van der Waals surface area contributed by atoms with E-state index in [0.29, 0.717) is 18.5 Å². The first kappa shape index (κ1) is 9.45. The molecule has 0 saturated heterocycles. The van der Waals surface area contributed by atoms with Gasteiger partial charge in [0, 0.05) is 5.56 Å². The zero-order chi connectivity index (χ0) is 9.68. The first-order valence-corrected chi connectivity index (χ1v) is 4.00. The second kappa shape index (κ2) is 4.40. The van der Waals surface area contributed by atoms with E-state index < -0.39 is 0 Å². The third-order valence-electron chi connectivity index (χ3n) is 1.78. The fourth-order valence-corrected chi connectivity index (χ4v) is 1.04. The van der Waals surface area contributed by atoms with Crippen LogP contribution in [0, 0.1) is 4.91 Å². The lowest BCUT2D eigenvalue weighted by Crippen LogP contribution is -1.89. The minimum Gasteiger partial charge on any atom is -0.508 e. The van der Waals surface area contributed by atoms with Crippen molar-refractivity contribution >= 4 is 5.76 Å². The average molecular weight is 177 g/mol. The zero-order valence-corrected chi connectivity index (χ0v) is 7.23. The standard InChI is InChI=1S/C10H11NO2/c1-8(12)10-4-2-9(3-5-10)6-7-11-13/h2-5,12H,1,6-7H2. The fraction of sp³-hybridized carbons (Fsp3) is 0.200. The van der Waals surface area contributed by atoms with E-state index in [1.54, 1.807) is 12.1 Å². The third kappa shape index (κ3) is 2.71. The Hall–Kier alpha value is -1.64. The van der Waals surface area contributed by atoms with E-state index in [1.165, 1.54) is 0 Å². The van der Waals surface area contributed by atoms with Crippen LogP contribution in [0.2, 0.25) is 0 Å². The van der Waals surface area contributed by atoms with Crippen LogP contribution in [0.1, 0.15) is 11.1 Å². The lowest BCUT2D eigenvalue weighted by Gasteiger charge is -2.00. The van der Waals surface area contributed by atoms with Gasteiger partial charge in [0.2, 0.25) is 0 Å². The molecule has 3 nitrogen and oxygen atoms in total. The van der Waals surface area contributed by atoms with Crippen LogP contribution < -0.4 is 0 Å². The summed E-state index contributed by atoms with van der Waals surface area (Å²) in [5.74, 6) is 0.0556. The Balaban J connectivity index is 2.69. The highest BCUT2D eigenvalue weighted by molar-refractivity contribution is 5.55. The van der Waals surface area contributed by atoms with Gasteiger partial charge in [-0.25, -0.2) is 0 Å². The molecule has 1 aromatic carbocycles. The summed E-state index contributed by atoms with van der Waals surface area (Å²) in [7, 11) is 0. The van der Waals surface area contributed by atoms with Crippen LogP contribution in [-0.4, -0.2) is 11.7 Å². The lowest BCUT2D eigenvalue weighted by molar-refractivity contribution is 0.514. The van der Waals surface area contributed by atoms with E-state index in [1.807, 2.05) is 12.1 Å². The van der Waals surface area contributed by atoms with E-state index in [2.05, 4.69) is 11.8 Å². The van der Waals surface area contributed by atoms with Crippen molar-refractivity contribution in [3.05, 3.63) is 46.9 Å². The molecule has 13 heavy (non-hydrogen) atoms. The molecule has 0 atom stereocenters. The second-order valence-electron chi connectivity index (χ2n) is 2.75. The molecule has 0 fully saturated rings. The highest BCUT2D eigenvalue weighted by atomic mass is 16.3. The van der Waals surface area contributed by atoms with E-state index in [9.17, 15) is 4.91 Å². The SMILES string of the molecule is C=C(O)c1ccc(CCN=O)cc1. The van der Waals surface area contributed by atoms with Crippen molar-refractivity contribution in [2.24, 2.45) is 5.18 Å². The van der Waals surface area contributed by atoms with Crippen molar-refractivity contribution in [1.82, 2.24) is 0 Å². The Kier molecular flexibility index (Phi) is 3.20. The van der Waals surface area contributed by atoms with Crippen molar-refractivity contribution in [3.8, 4) is 0 Å². The van der Waals surface area contributed by atoms with Crippen LogP contribution >= 0.6 is 0 Å². The molecule has 68 valence electrons. The van der Waals surface area contributed by atoms with Crippen molar-refractivity contribution in [2.75, 3.05) is 6.54 Å². The van der Waals surface area contributed by atoms with Crippen LogP contribution in [0.3, 0.4) is 0 Å². The summed E-state index contributed by atoms with van der Waals surface area (Å²) in [5.41, 5.74) is 1.73. The fourth-order valence-electron chi connectivity index (χ4n) is 1.04. The molecule has 3 heteroatoms. The number of nitrogens with zero attached hydrogens (tertiary/aromatic N) is 1. The monoisotopic (exact) mass is 177 g/mol. The van der Waals surface area contributed by atoms with Gasteiger partial charge >= 0.3 is 0 Å². The van der Waals surface area contributed by atoms with Crippen LogP contribution in [0.5, 0.6) is 0 Å². The van der Waals surface area contributed by atoms with E-state index in [4.69, 9.17) is 5.11 Å². The first-order chi connectivity index (χ1) is 6.24. The quantitative estimate of drug-likeness (QED) is 0.567. The first-order valence-electron chi connectivity index (χ1n) is 4.00. The van der Waals surface area contributed by atoms with E-state index >= 15 is 0 Å². The molecule has 0 aromatic heterocycles. The molecular formula is C10H11NO2. The third-order valence-corrected chi connectivity index (χ3v) is 1.78. The van der Waals surface area contributed by atoms with Crippen molar-refractivity contribution in [3.63, 3.8) is 0 Å². The number of hydrogen-bond donors (Lipinski definition) is 1. The predicted octanol–water partition coefficient (Wildman–Crippen LogP) is 2.52. The topological polar surface area (TPSA) is 49.7 Å². The molecule has 1 aromatic rings. The summed E-state index contributed by atoms with van der Waals surface area (Å²) >= 11 is 0. The molecule has 0 aliphatic carbocycles. The van der Waals surface area contributed by atoms with Gasteiger partial charge in [-0.3, -0.25) is 0 Å². The summed E-state index contributed by atoms with van der Waals surface area (Å²) in [5, 5.41) is 11.8. The van der Waals surface area contributed by atoms with Gasteiger partial charge in [-0.05, 0) is 12.0 Å². The van der Waals surface area contributed by atoms with Gasteiger partial charge < -0.3 is 5.11 Å². The van der Waals surface area contributed by atoms with Crippen molar-refractivity contribution < 1.29 is 5.11 Å². The Bertz CT molecular complexity index is 303. The summed E-state index contributed by atoms with van der Waals surface area (Å²) in [6, 6.07) is 7.23. The molecule has 0 heterocycles. The number of aliphatic hydroxyl groups excluding tert-OH is 1. The Labute approximate surface area is 76.7 Å². The normalized spacial score (nSPS) is 9.54. The highest BCUT2D eigenvalue weighted by Gasteiger charge is 1.96. The lowest BCUT2D eigenvalue weighted by atomic mass is 10.1. The van der Waals surface area contributed by atoms with E-state index in [0.717, 1.165) is 5.56 Å². The highest BCUT2D eigenvalue weighted by Crippen LogP contribution is 2.10. The van der Waals surface area contributed by atoms with Crippen molar-refractivity contribution in [1.29, 1.82) is 0 Å². The molecule has 0 amide bonds. The van der Waals surface area contributed by atoms with Gasteiger partial charge in [-0.15, -0.1) is 0 Å². The summed E-state index contributed by atoms with van der Waals surface area (Å²) in [6.07, 6.45) is 0.641. The minimum atomic E-state index is 0.0556. The second-order valence-corrected chi connectivity index (χ2v) is 2.75. The van der Waals surface area contributed by atoms with Gasteiger partial charge in [0.1, 0.15) is 5.76 Å². The Morgan fingerprint density at radius 2 is 2.00 bits per heavy atom. The number of rotatable bonds is 4. The van der Waals surface area contributed by atoms with Gasteiger partial charge in [-0.1, -0.05) is 36.0 Å². The molecule has 0 aliphatic rings. The van der Waals surface area contributed by atoms with Crippen LogP contribution in [-0.2, 0) is 6.42 Å². The molecule has 0 spiro atoms. The number of benzene rings is 1. The summed E-state index contributed by atoms with van der Waals surface area (Å²) in [4.78, 5) is 9.85. The molecule has 0 bridgehead atoms. The van der Waals surface area contributed by atoms with Gasteiger partial charge in [0.05, 0.1) is 6.54 Å². The number of hydrogen-bond acceptors (Lipinski definition) is 3. The van der Waals surface area contributed by atoms with Gasteiger partial charge in [0.15, 0.2) is 0 Å². The molecule has 0 saturated carbocycles. The maximum Gasteiger partial charge on any atom is 0.115 e. The predicted molar refractivity (Wildman–Crippen MR) is 52.5 cm³/mol. The largest absolute Gasteiger partial charge is 0.508 e. The maximum absolute atomic E-state index is 9.85. The molecule has 1 rings (SSSR count). The molecule has 0 radical (unpaired) electrons. The van der Waals surface area contributed by atoms with Gasteiger partial charge in [-0.2, -0.15) is 4.91 Å². The number of aliphatic hydroxyl groups is 1.